The van der Waals surface area contributed by atoms with E-state index in [0.717, 1.165) is 25.7 Å². The molecule has 26 heavy (non-hydrogen) atoms. The molecule has 0 saturated carbocycles. The number of rotatable bonds is 20. The fraction of sp³-hybridized carbons (Fsp3) is 0.952. The highest BCUT2D eigenvalue weighted by Gasteiger charge is 2.31. The maximum Gasteiger partial charge on any atom is 0.303 e. The van der Waals surface area contributed by atoms with E-state index in [2.05, 4.69) is 0 Å². The van der Waals surface area contributed by atoms with Crippen LogP contribution in [0.3, 0.4) is 0 Å². The van der Waals surface area contributed by atoms with Crippen molar-refractivity contribution in [3.8, 4) is 0 Å². The minimum atomic E-state index is -0.848. The van der Waals surface area contributed by atoms with Gasteiger partial charge in [0.2, 0.25) is 0 Å². The molecule has 0 saturated heterocycles. The second-order valence-electron chi connectivity index (χ2n) is 6.76. The average molecular weight is 375 g/mol. The minimum Gasteiger partial charge on any atom is -0.481 e. The molecule has 0 spiro atoms. The molecule has 0 radical (unpaired) electrons. The Morgan fingerprint density at radius 3 is 1.35 bits per heavy atom. The Kier molecular flexibility index (Phi) is 17.3. The third-order valence-corrected chi connectivity index (χ3v) is 4.47. The van der Waals surface area contributed by atoms with E-state index in [1.807, 2.05) is 20.8 Å². The molecule has 0 aliphatic rings. The molecule has 0 atom stereocenters. The average Bonchev–Trinajstić information content (AvgIpc) is 2.59. The number of ether oxygens (including phenoxy) is 3. The van der Waals surface area contributed by atoms with E-state index in [1.54, 1.807) is 0 Å². The minimum absolute atomic E-state index is 0.317. The third-order valence-electron chi connectivity index (χ3n) is 4.47. The normalized spacial score (nSPS) is 11.8. The monoisotopic (exact) mass is 374 g/mol. The molecule has 5 nitrogen and oxygen atoms in total. The van der Waals surface area contributed by atoms with Crippen LogP contribution in [0.15, 0.2) is 0 Å². The van der Waals surface area contributed by atoms with E-state index in [-0.39, 0.29) is 0 Å². The highest BCUT2D eigenvalue weighted by molar-refractivity contribution is 5.66. The molecule has 0 amide bonds. The van der Waals surface area contributed by atoms with Gasteiger partial charge in [-0.2, -0.15) is 0 Å². The molecule has 0 unspecified atom stereocenters. The maximum atomic E-state index is 10.4. The summed E-state index contributed by atoms with van der Waals surface area (Å²) in [5.74, 6) is -1.52. The van der Waals surface area contributed by atoms with Gasteiger partial charge in [-0.15, -0.1) is 0 Å². The van der Waals surface area contributed by atoms with Crippen molar-refractivity contribution in [2.24, 2.45) is 0 Å². The van der Waals surface area contributed by atoms with E-state index in [0.29, 0.717) is 26.2 Å². The van der Waals surface area contributed by atoms with Crippen molar-refractivity contribution in [3.05, 3.63) is 0 Å². The van der Waals surface area contributed by atoms with Crippen LogP contribution in [0.4, 0.5) is 0 Å². The van der Waals surface area contributed by atoms with Gasteiger partial charge in [-0.1, -0.05) is 57.8 Å². The predicted molar refractivity (Wildman–Crippen MR) is 105 cm³/mol. The van der Waals surface area contributed by atoms with Crippen LogP contribution in [-0.2, 0) is 19.0 Å². The van der Waals surface area contributed by atoms with Crippen LogP contribution in [0.25, 0.3) is 0 Å². The second-order valence-corrected chi connectivity index (χ2v) is 6.76. The van der Waals surface area contributed by atoms with Crippen molar-refractivity contribution >= 4 is 5.97 Å². The number of hydrogen-bond donors (Lipinski definition) is 1. The first-order valence-electron chi connectivity index (χ1n) is 10.7. The number of carboxylic acid groups (broad SMARTS) is 1. The molecule has 0 aromatic carbocycles. The standard InChI is InChI=1S/C21H42O5/c1-4-24-21(25-5-2,26-6-3)19-17-15-13-11-9-7-8-10-12-14-16-18-20(22)23/h4-19H2,1-3H3,(H,22,23). The summed E-state index contributed by atoms with van der Waals surface area (Å²) in [6, 6.07) is 0. The smallest absolute Gasteiger partial charge is 0.303 e. The van der Waals surface area contributed by atoms with Gasteiger partial charge in [-0.25, -0.2) is 0 Å². The van der Waals surface area contributed by atoms with Crippen LogP contribution in [0.1, 0.15) is 104 Å². The van der Waals surface area contributed by atoms with Crippen LogP contribution in [0, 0.1) is 0 Å². The first-order valence-corrected chi connectivity index (χ1v) is 10.7. The zero-order chi connectivity index (χ0) is 19.5. The summed E-state index contributed by atoms with van der Waals surface area (Å²) in [6.45, 7) is 7.69. The lowest BCUT2D eigenvalue weighted by Crippen LogP contribution is -2.39. The molecule has 0 aliphatic carbocycles. The Hall–Kier alpha value is -0.650. The lowest BCUT2D eigenvalue weighted by molar-refractivity contribution is -0.380. The molecular formula is C21H42O5. The summed E-state index contributed by atoms with van der Waals surface area (Å²) in [5, 5.41) is 8.58. The highest BCUT2D eigenvalue weighted by Crippen LogP contribution is 2.24. The van der Waals surface area contributed by atoms with Gasteiger partial charge in [-0.05, 0) is 33.6 Å². The Labute approximate surface area is 160 Å². The van der Waals surface area contributed by atoms with Crippen LogP contribution < -0.4 is 0 Å². The maximum absolute atomic E-state index is 10.4. The third kappa shape index (κ3) is 14.5. The van der Waals surface area contributed by atoms with Gasteiger partial charge < -0.3 is 19.3 Å². The number of hydrogen-bond acceptors (Lipinski definition) is 4. The zero-order valence-corrected chi connectivity index (χ0v) is 17.4. The first-order chi connectivity index (χ1) is 12.6. The van der Waals surface area contributed by atoms with Crippen molar-refractivity contribution in [1.29, 1.82) is 0 Å². The van der Waals surface area contributed by atoms with Crippen LogP contribution in [-0.4, -0.2) is 36.9 Å². The molecular weight excluding hydrogens is 332 g/mol. The van der Waals surface area contributed by atoms with E-state index in [1.165, 1.54) is 51.4 Å². The van der Waals surface area contributed by atoms with Crippen LogP contribution in [0.2, 0.25) is 0 Å². The fourth-order valence-electron chi connectivity index (χ4n) is 3.21. The summed E-state index contributed by atoms with van der Waals surface area (Å²) < 4.78 is 17.2. The van der Waals surface area contributed by atoms with Gasteiger partial charge in [0.25, 0.3) is 5.97 Å². The summed E-state index contributed by atoms with van der Waals surface area (Å²) in [6.07, 6.45) is 14.0. The molecule has 1 N–H and O–H groups in total. The highest BCUT2D eigenvalue weighted by atomic mass is 16.9. The summed E-state index contributed by atoms with van der Waals surface area (Å²) in [7, 11) is 0. The van der Waals surface area contributed by atoms with E-state index >= 15 is 0 Å². The van der Waals surface area contributed by atoms with Crippen molar-refractivity contribution in [2.75, 3.05) is 19.8 Å². The molecule has 0 bridgehead atoms. The number of aliphatic carboxylic acids is 1. The Balaban J connectivity index is 3.56. The van der Waals surface area contributed by atoms with Crippen molar-refractivity contribution in [1.82, 2.24) is 0 Å². The number of carboxylic acids is 1. The molecule has 156 valence electrons. The quantitative estimate of drug-likeness (QED) is 0.212. The largest absolute Gasteiger partial charge is 0.481 e. The first kappa shape index (κ1) is 25.4. The molecule has 0 aliphatic heterocycles. The van der Waals surface area contributed by atoms with E-state index in [9.17, 15) is 4.79 Å². The molecule has 0 rings (SSSR count). The van der Waals surface area contributed by atoms with Crippen LogP contribution in [0.5, 0.6) is 0 Å². The summed E-state index contributed by atoms with van der Waals surface area (Å²) in [4.78, 5) is 10.4. The fourth-order valence-corrected chi connectivity index (χ4v) is 3.21. The van der Waals surface area contributed by atoms with Crippen molar-refractivity contribution in [3.63, 3.8) is 0 Å². The molecule has 0 aromatic rings. The van der Waals surface area contributed by atoms with Gasteiger partial charge in [0, 0.05) is 32.7 Å². The Bertz CT molecular complexity index is 303. The van der Waals surface area contributed by atoms with Gasteiger partial charge in [-0.3, -0.25) is 4.79 Å². The second kappa shape index (κ2) is 17.7. The number of carbonyl (C=O) groups is 1. The van der Waals surface area contributed by atoms with E-state index in [4.69, 9.17) is 19.3 Å². The zero-order valence-electron chi connectivity index (χ0n) is 17.4. The summed E-state index contributed by atoms with van der Waals surface area (Å²) in [5.41, 5.74) is 0. The van der Waals surface area contributed by atoms with Gasteiger partial charge >= 0.3 is 5.97 Å². The van der Waals surface area contributed by atoms with Crippen molar-refractivity contribution in [2.45, 2.75) is 110 Å². The van der Waals surface area contributed by atoms with E-state index < -0.39 is 11.9 Å². The van der Waals surface area contributed by atoms with Gasteiger partial charge in [0.05, 0.1) is 0 Å². The SMILES string of the molecule is CCOC(CCCCCCCCCCCCCC(=O)O)(OCC)OCC. The molecule has 5 heteroatoms. The predicted octanol–water partition coefficient (Wildman–Crippen LogP) is 5.91. The van der Waals surface area contributed by atoms with Gasteiger partial charge in [0.1, 0.15) is 0 Å². The van der Waals surface area contributed by atoms with Crippen LogP contribution >= 0.6 is 0 Å². The van der Waals surface area contributed by atoms with Gasteiger partial charge in [0.15, 0.2) is 0 Å². The molecule has 0 aromatic heterocycles. The molecule has 0 heterocycles. The lowest BCUT2D eigenvalue weighted by Gasteiger charge is -2.32. The summed E-state index contributed by atoms with van der Waals surface area (Å²) >= 11 is 0. The lowest BCUT2D eigenvalue weighted by atomic mass is 10.0. The van der Waals surface area contributed by atoms with Crippen molar-refractivity contribution < 1.29 is 24.1 Å². The topological polar surface area (TPSA) is 65.0 Å². The number of unbranched alkanes of at least 4 members (excludes halogenated alkanes) is 10. The molecule has 0 fully saturated rings. The Morgan fingerprint density at radius 2 is 1.00 bits per heavy atom. The Morgan fingerprint density at radius 1 is 0.654 bits per heavy atom.